The van der Waals surface area contributed by atoms with Gasteiger partial charge in [-0.15, -0.1) is 0 Å². The predicted octanol–water partition coefficient (Wildman–Crippen LogP) is 4.70. The first kappa shape index (κ1) is 13.4. The largest absolute Gasteiger partial charge is 0.497 e. The molecule has 1 aliphatic carbocycles. The summed E-state index contributed by atoms with van der Waals surface area (Å²) in [6, 6.07) is 11.2. The topological polar surface area (TPSA) is 21.3 Å². The van der Waals surface area contributed by atoms with Crippen LogP contribution in [0.25, 0.3) is 0 Å². The normalized spacial score (nSPS) is 16.9. The monoisotopic (exact) mass is 335 g/mol. The molecular formula is C16H15BrFNO. The number of fused-ring (bicyclic) bond motifs is 1. The second-order valence-corrected chi connectivity index (χ2v) is 5.84. The Morgan fingerprint density at radius 3 is 2.90 bits per heavy atom. The zero-order valence-electron chi connectivity index (χ0n) is 11.1. The van der Waals surface area contributed by atoms with Gasteiger partial charge in [0.1, 0.15) is 11.6 Å². The zero-order chi connectivity index (χ0) is 14.1. The number of benzene rings is 2. The van der Waals surface area contributed by atoms with Crippen molar-refractivity contribution in [1.29, 1.82) is 0 Å². The zero-order valence-corrected chi connectivity index (χ0v) is 12.7. The molecule has 1 atom stereocenters. The summed E-state index contributed by atoms with van der Waals surface area (Å²) >= 11 is 3.37. The summed E-state index contributed by atoms with van der Waals surface area (Å²) in [5.41, 5.74) is 3.03. The van der Waals surface area contributed by atoms with Gasteiger partial charge in [0.15, 0.2) is 0 Å². The molecule has 1 unspecified atom stereocenters. The van der Waals surface area contributed by atoms with Crippen molar-refractivity contribution in [2.45, 2.75) is 18.9 Å². The second kappa shape index (κ2) is 5.44. The van der Waals surface area contributed by atoms with Crippen LogP contribution in [-0.4, -0.2) is 7.11 Å². The number of hydrogen-bond donors (Lipinski definition) is 1. The minimum atomic E-state index is -0.232. The molecule has 0 fully saturated rings. The number of nitrogens with one attached hydrogen (secondary N) is 1. The average molecular weight is 336 g/mol. The molecule has 0 bridgehead atoms. The van der Waals surface area contributed by atoms with Crippen molar-refractivity contribution < 1.29 is 9.13 Å². The maximum absolute atomic E-state index is 13.8. The Balaban J connectivity index is 1.89. The number of ether oxygens (including phenoxy) is 1. The van der Waals surface area contributed by atoms with E-state index in [1.165, 1.54) is 17.2 Å². The highest BCUT2D eigenvalue weighted by molar-refractivity contribution is 9.10. The predicted molar refractivity (Wildman–Crippen MR) is 81.8 cm³/mol. The van der Waals surface area contributed by atoms with Gasteiger partial charge in [-0.3, -0.25) is 0 Å². The van der Waals surface area contributed by atoms with Crippen LogP contribution in [0.1, 0.15) is 23.6 Å². The molecule has 0 saturated carbocycles. The molecule has 1 N–H and O–H groups in total. The van der Waals surface area contributed by atoms with Crippen molar-refractivity contribution in [1.82, 2.24) is 0 Å². The molecule has 2 nitrogen and oxygen atoms in total. The first-order chi connectivity index (χ1) is 9.67. The molecule has 0 amide bonds. The lowest BCUT2D eigenvalue weighted by atomic mass is 10.1. The van der Waals surface area contributed by atoms with E-state index in [2.05, 4.69) is 27.3 Å². The number of anilines is 1. The lowest BCUT2D eigenvalue weighted by Crippen LogP contribution is -2.08. The fraction of sp³-hybridized carbons (Fsp3) is 0.250. The Kier molecular flexibility index (Phi) is 3.66. The number of hydrogen-bond acceptors (Lipinski definition) is 2. The minimum absolute atomic E-state index is 0.129. The maximum atomic E-state index is 13.8. The van der Waals surface area contributed by atoms with Gasteiger partial charge in [0.25, 0.3) is 0 Å². The van der Waals surface area contributed by atoms with E-state index in [1.54, 1.807) is 19.2 Å². The molecular weight excluding hydrogens is 321 g/mol. The van der Waals surface area contributed by atoms with Gasteiger partial charge in [-0.25, -0.2) is 4.39 Å². The lowest BCUT2D eigenvalue weighted by Gasteiger charge is -2.17. The Morgan fingerprint density at radius 2 is 2.10 bits per heavy atom. The Morgan fingerprint density at radius 1 is 1.25 bits per heavy atom. The van der Waals surface area contributed by atoms with E-state index < -0.39 is 0 Å². The van der Waals surface area contributed by atoms with Crippen LogP contribution in [-0.2, 0) is 6.42 Å². The van der Waals surface area contributed by atoms with Crippen molar-refractivity contribution >= 4 is 21.6 Å². The first-order valence-electron chi connectivity index (χ1n) is 6.56. The molecule has 0 saturated heterocycles. The molecule has 104 valence electrons. The van der Waals surface area contributed by atoms with Crippen LogP contribution < -0.4 is 10.1 Å². The van der Waals surface area contributed by atoms with E-state index in [9.17, 15) is 4.39 Å². The summed E-state index contributed by atoms with van der Waals surface area (Å²) in [6.07, 6.45) is 1.97. The van der Waals surface area contributed by atoms with Gasteiger partial charge < -0.3 is 10.1 Å². The standard InChI is InChI=1S/C16H15BrFNO/c1-20-12-5-2-10-3-7-15(13(10)9-12)19-16-8-11(17)4-6-14(16)18/h2,4-6,8-9,15,19H,3,7H2,1H3. The maximum Gasteiger partial charge on any atom is 0.146 e. The fourth-order valence-electron chi connectivity index (χ4n) is 2.65. The van der Waals surface area contributed by atoms with Crippen LogP contribution >= 0.6 is 15.9 Å². The summed E-state index contributed by atoms with van der Waals surface area (Å²) < 4.78 is 20.0. The van der Waals surface area contributed by atoms with Gasteiger partial charge in [-0.05, 0) is 54.3 Å². The van der Waals surface area contributed by atoms with Crippen molar-refractivity contribution in [3.63, 3.8) is 0 Å². The van der Waals surface area contributed by atoms with Crippen molar-refractivity contribution in [2.75, 3.05) is 12.4 Å². The van der Waals surface area contributed by atoms with Crippen LogP contribution in [0, 0.1) is 5.82 Å². The Hall–Kier alpha value is -1.55. The molecule has 0 aromatic heterocycles. The smallest absolute Gasteiger partial charge is 0.146 e. The highest BCUT2D eigenvalue weighted by Gasteiger charge is 2.23. The van der Waals surface area contributed by atoms with Crippen molar-refractivity contribution in [3.8, 4) is 5.75 Å². The van der Waals surface area contributed by atoms with Gasteiger partial charge in [-0.2, -0.15) is 0 Å². The number of halogens is 2. The molecule has 4 heteroatoms. The number of rotatable bonds is 3. The molecule has 2 aromatic rings. The third-order valence-corrected chi connectivity index (χ3v) is 4.18. The van der Waals surface area contributed by atoms with E-state index >= 15 is 0 Å². The van der Waals surface area contributed by atoms with E-state index in [1.807, 2.05) is 12.1 Å². The quantitative estimate of drug-likeness (QED) is 0.877. The number of aryl methyl sites for hydroxylation is 1. The third kappa shape index (κ3) is 2.52. The fourth-order valence-corrected chi connectivity index (χ4v) is 3.01. The van der Waals surface area contributed by atoms with Gasteiger partial charge >= 0.3 is 0 Å². The summed E-state index contributed by atoms with van der Waals surface area (Å²) in [6.45, 7) is 0. The van der Waals surface area contributed by atoms with Gasteiger partial charge in [0.2, 0.25) is 0 Å². The summed E-state index contributed by atoms with van der Waals surface area (Å²) in [7, 11) is 1.66. The van der Waals surface area contributed by atoms with Crippen LogP contribution in [0.2, 0.25) is 0 Å². The molecule has 20 heavy (non-hydrogen) atoms. The lowest BCUT2D eigenvalue weighted by molar-refractivity contribution is 0.414. The van der Waals surface area contributed by atoms with Crippen molar-refractivity contribution in [2.24, 2.45) is 0 Å². The second-order valence-electron chi connectivity index (χ2n) is 4.92. The SMILES string of the molecule is COc1ccc2c(c1)C(Nc1cc(Br)ccc1F)CC2. The summed E-state index contributed by atoms with van der Waals surface area (Å²) in [4.78, 5) is 0. The van der Waals surface area contributed by atoms with E-state index in [0.717, 1.165) is 23.1 Å². The molecule has 2 aromatic carbocycles. The molecule has 1 aliphatic rings. The molecule has 0 radical (unpaired) electrons. The van der Waals surface area contributed by atoms with Crippen LogP contribution in [0.5, 0.6) is 5.75 Å². The third-order valence-electron chi connectivity index (χ3n) is 3.69. The van der Waals surface area contributed by atoms with E-state index in [-0.39, 0.29) is 11.9 Å². The molecule has 0 heterocycles. The van der Waals surface area contributed by atoms with Gasteiger partial charge in [0.05, 0.1) is 18.8 Å². The van der Waals surface area contributed by atoms with E-state index in [4.69, 9.17) is 4.74 Å². The molecule has 0 spiro atoms. The van der Waals surface area contributed by atoms with E-state index in [0.29, 0.717) is 5.69 Å². The number of methoxy groups -OCH3 is 1. The van der Waals surface area contributed by atoms with Gasteiger partial charge in [0, 0.05) is 4.47 Å². The highest BCUT2D eigenvalue weighted by atomic mass is 79.9. The first-order valence-corrected chi connectivity index (χ1v) is 7.35. The van der Waals surface area contributed by atoms with Crippen LogP contribution in [0.3, 0.4) is 0 Å². The van der Waals surface area contributed by atoms with Crippen molar-refractivity contribution in [3.05, 3.63) is 57.8 Å². The Bertz CT molecular complexity index is 644. The molecule has 3 rings (SSSR count). The van der Waals surface area contributed by atoms with Gasteiger partial charge in [-0.1, -0.05) is 22.0 Å². The Labute approximate surface area is 126 Å². The van der Waals surface area contributed by atoms with Crippen LogP contribution in [0.15, 0.2) is 40.9 Å². The average Bonchev–Trinajstić information content (AvgIpc) is 2.85. The molecule has 0 aliphatic heterocycles. The minimum Gasteiger partial charge on any atom is -0.497 e. The highest BCUT2D eigenvalue weighted by Crippen LogP contribution is 2.36. The summed E-state index contributed by atoms with van der Waals surface area (Å²) in [5.74, 6) is 0.608. The van der Waals surface area contributed by atoms with Crippen LogP contribution in [0.4, 0.5) is 10.1 Å². The summed E-state index contributed by atoms with van der Waals surface area (Å²) in [5, 5.41) is 3.30.